The smallest absolute Gasteiger partial charge is 0.228 e. The van der Waals surface area contributed by atoms with E-state index in [0.29, 0.717) is 24.8 Å². The van der Waals surface area contributed by atoms with Gasteiger partial charge in [0.2, 0.25) is 5.91 Å². The third kappa shape index (κ3) is 4.01. The Morgan fingerprint density at radius 2 is 1.89 bits per heavy atom. The van der Waals surface area contributed by atoms with Crippen LogP contribution in [0, 0.1) is 12.8 Å². The molecule has 1 fully saturated rings. The first-order valence-corrected chi connectivity index (χ1v) is 10.6. The van der Waals surface area contributed by atoms with Gasteiger partial charge in [0.1, 0.15) is 5.01 Å². The minimum absolute atomic E-state index is 0.137. The summed E-state index contributed by atoms with van der Waals surface area (Å²) >= 11 is 1.59. The minimum atomic E-state index is 0.137. The molecule has 2 heterocycles. The quantitative estimate of drug-likeness (QED) is 0.718. The predicted molar refractivity (Wildman–Crippen MR) is 114 cm³/mol. The number of benzene rings is 2. The average molecular weight is 392 g/mol. The van der Waals surface area contributed by atoms with Gasteiger partial charge in [-0.25, -0.2) is 4.98 Å². The Bertz CT molecular complexity index is 936. The van der Waals surface area contributed by atoms with Gasteiger partial charge in [0.15, 0.2) is 0 Å². The molecule has 0 radical (unpaired) electrons. The number of hydrogen-bond donors (Lipinski definition) is 1. The van der Waals surface area contributed by atoms with Crippen molar-refractivity contribution in [2.75, 3.05) is 19.6 Å². The molecule has 0 aliphatic carbocycles. The van der Waals surface area contributed by atoms with Crippen LogP contribution in [0.2, 0.25) is 0 Å². The van der Waals surface area contributed by atoms with Crippen molar-refractivity contribution in [3.63, 3.8) is 0 Å². The lowest BCUT2D eigenvalue weighted by atomic mass is 9.89. The second kappa shape index (κ2) is 8.25. The lowest BCUT2D eigenvalue weighted by Gasteiger charge is -2.16. The Labute approximate surface area is 170 Å². The molecule has 1 amide bonds. The van der Waals surface area contributed by atoms with E-state index in [0.717, 1.165) is 29.4 Å². The fraction of sp³-hybridized carbons (Fsp3) is 0.304. The first-order chi connectivity index (χ1) is 13.6. The second-order valence-electron chi connectivity index (χ2n) is 7.50. The highest BCUT2D eigenvalue weighted by Gasteiger charge is 2.35. The summed E-state index contributed by atoms with van der Waals surface area (Å²) in [6.45, 7) is 4.13. The molecular formula is C23H25N3OS. The number of hydrogen-bond acceptors (Lipinski definition) is 4. The summed E-state index contributed by atoms with van der Waals surface area (Å²) in [6.07, 6.45) is 0.348. The maximum Gasteiger partial charge on any atom is 0.228 e. The summed E-state index contributed by atoms with van der Waals surface area (Å²) in [5.74, 6) is 0.760. The maximum absolute atomic E-state index is 12.9. The molecule has 0 spiro atoms. The Morgan fingerprint density at radius 3 is 2.61 bits per heavy atom. The Hall–Kier alpha value is -2.50. The van der Waals surface area contributed by atoms with Crippen molar-refractivity contribution in [1.82, 2.24) is 9.88 Å². The zero-order valence-electron chi connectivity index (χ0n) is 16.0. The molecule has 5 heteroatoms. The van der Waals surface area contributed by atoms with Gasteiger partial charge in [-0.15, -0.1) is 11.3 Å². The number of carbonyl (C=O) groups excluding carboxylic acids is 1. The standard InChI is InChI=1S/C23H25N3OS/c1-16-7-9-18(10-8-16)23-25-20(15-28-23)11-22(27)26-13-19(12-24)21(14-26)17-5-3-2-4-6-17/h2-10,15,19,21H,11-14,24H2,1H3/t19-,21+/m1/s1. The highest BCUT2D eigenvalue weighted by Crippen LogP contribution is 2.32. The summed E-state index contributed by atoms with van der Waals surface area (Å²) in [4.78, 5) is 19.5. The van der Waals surface area contributed by atoms with Gasteiger partial charge in [0.05, 0.1) is 12.1 Å². The van der Waals surface area contributed by atoms with E-state index in [1.54, 1.807) is 11.3 Å². The Morgan fingerprint density at radius 1 is 1.14 bits per heavy atom. The topological polar surface area (TPSA) is 59.2 Å². The van der Waals surface area contributed by atoms with E-state index in [1.165, 1.54) is 11.1 Å². The number of nitrogens with zero attached hydrogens (tertiary/aromatic N) is 2. The third-order valence-corrected chi connectivity index (χ3v) is 6.45. The second-order valence-corrected chi connectivity index (χ2v) is 8.36. The van der Waals surface area contributed by atoms with Crippen molar-refractivity contribution in [3.8, 4) is 10.6 Å². The first kappa shape index (κ1) is 18.8. The number of carbonyl (C=O) groups is 1. The van der Waals surface area contributed by atoms with Gasteiger partial charge in [-0.3, -0.25) is 4.79 Å². The lowest BCUT2D eigenvalue weighted by molar-refractivity contribution is -0.129. The van der Waals surface area contributed by atoms with Crippen LogP contribution in [-0.2, 0) is 11.2 Å². The van der Waals surface area contributed by atoms with Crippen molar-refractivity contribution in [3.05, 3.63) is 76.8 Å². The molecule has 1 saturated heterocycles. The zero-order chi connectivity index (χ0) is 19.5. The van der Waals surface area contributed by atoms with Crippen LogP contribution in [-0.4, -0.2) is 35.4 Å². The van der Waals surface area contributed by atoms with Crippen LogP contribution in [0.15, 0.2) is 60.0 Å². The molecular weight excluding hydrogens is 366 g/mol. The normalized spacial score (nSPS) is 19.1. The largest absolute Gasteiger partial charge is 0.341 e. The fourth-order valence-corrected chi connectivity index (χ4v) is 4.70. The summed E-state index contributed by atoms with van der Waals surface area (Å²) in [6, 6.07) is 18.7. The van der Waals surface area contributed by atoms with E-state index in [-0.39, 0.29) is 5.91 Å². The number of aryl methyl sites for hydroxylation is 1. The lowest BCUT2D eigenvalue weighted by Crippen LogP contribution is -2.31. The van der Waals surface area contributed by atoms with Crippen LogP contribution in [0.4, 0.5) is 0 Å². The molecule has 28 heavy (non-hydrogen) atoms. The van der Waals surface area contributed by atoms with Crippen LogP contribution in [0.25, 0.3) is 10.6 Å². The van der Waals surface area contributed by atoms with Crippen LogP contribution >= 0.6 is 11.3 Å². The molecule has 2 aromatic carbocycles. The van der Waals surface area contributed by atoms with Gasteiger partial charge in [-0.1, -0.05) is 60.2 Å². The molecule has 1 aliphatic heterocycles. The number of thiazole rings is 1. The van der Waals surface area contributed by atoms with Gasteiger partial charge < -0.3 is 10.6 Å². The van der Waals surface area contributed by atoms with Crippen LogP contribution in [0.1, 0.15) is 22.7 Å². The Balaban J connectivity index is 1.43. The fourth-order valence-electron chi connectivity index (χ4n) is 3.88. The monoisotopic (exact) mass is 391 g/mol. The van der Waals surface area contributed by atoms with Crippen molar-refractivity contribution in [2.24, 2.45) is 11.7 Å². The van der Waals surface area contributed by atoms with Gasteiger partial charge >= 0.3 is 0 Å². The molecule has 0 saturated carbocycles. The van der Waals surface area contributed by atoms with Crippen LogP contribution < -0.4 is 5.73 Å². The van der Waals surface area contributed by atoms with E-state index in [4.69, 9.17) is 5.73 Å². The number of aromatic nitrogens is 1. The SMILES string of the molecule is Cc1ccc(-c2nc(CC(=O)N3C[C@@H](CN)[C@H](c4ccccc4)C3)cs2)cc1. The summed E-state index contributed by atoms with van der Waals surface area (Å²) in [5.41, 5.74) is 10.4. The van der Waals surface area contributed by atoms with E-state index in [1.807, 2.05) is 16.3 Å². The predicted octanol–water partition coefficient (Wildman–Crippen LogP) is 3.86. The van der Waals surface area contributed by atoms with Crippen LogP contribution in [0.3, 0.4) is 0 Å². The molecule has 0 unspecified atom stereocenters. The molecule has 0 bridgehead atoms. The molecule has 4 nitrogen and oxygen atoms in total. The van der Waals surface area contributed by atoms with E-state index >= 15 is 0 Å². The summed E-state index contributed by atoms with van der Waals surface area (Å²) in [7, 11) is 0. The van der Waals surface area contributed by atoms with Crippen molar-refractivity contribution < 1.29 is 4.79 Å². The van der Waals surface area contributed by atoms with Gasteiger partial charge in [-0.2, -0.15) is 0 Å². The van der Waals surface area contributed by atoms with Gasteiger partial charge in [0, 0.05) is 30.0 Å². The van der Waals surface area contributed by atoms with Crippen molar-refractivity contribution in [2.45, 2.75) is 19.3 Å². The third-order valence-electron chi connectivity index (χ3n) is 5.51. The summed E-state index contributed by atoms with van der Waals surface area (Å²) < 4.78 is 0. The number of likely N-dealkylation sites (tertiary alicyclic amines) is 1. The molecule has 1 aliphatic rings. The molecule has 3 aromatic rings. The zero-order valence-corrected chi connectivity index (χ0v) is 16.9. The number of rotatable bonds is 5. The Kier molecular flexibility index (Phi) is 5.55. The van der Waals surface area contributed by atoms with Gasteiger partial charge in [-0.05, 0) is 24.9 Å². The highest BCUT2D eigenvalue weighted by molar-refractivity contribution is 7.13. The van der Waals surface area contributed by atoms with Gasteiger partial charge in [0.25, 0.3) is 0 Å². The molecule has 2 atom stereocenters. The maximum atomic E-state index is 12.9. The van der Waals surface area contributed by atoms with Crippen LogP contribution in [0.5, 0.6) is 0 Å². The molecule has 144 valence electrons. The van der Waals surface area contributed by atoms with Crippen molar-refractivity contribution in [1.29, 1.82) is 0 Å². The van der Waals surface area contributed by atoms with E-state index in [2.05, 4.69) is 60.4 Å². The van der Waals surface area contributed by atoms with Crippen molar-refractivity contribution >= 4 is 17.2 Å². The first-order valence-electron chi connectivity index (χ1n) is 9.68. The molecule has 2 N–H and O–H groups in total. The molecule has 4 rings (SSSR count). The number of amides is 1. The number of nitrogens with two attached hydrogens (primary N) is 1. The van der Waals surface area contributed by atoms with E-state index in [9.17, 15) is 4.79 Å². The minimum Gasteiger partial charge on any atom is -0.341 e. The van der Waals surface area contributed by atoms with E-state index < -0.39 is 0 Å². The average Bonchev–Trinajstić information content (AvgIpc) is 3.36. The highest BCUT2D eigenvalue weighted by atomic mass is 32.1. The molecule has 1 aromatic heterocycles. The summed E-state index contributed by atoms with van der Waals surface area (Å²) in [5, 5.41) is 2.96.